The van der Waals surface area contributed by atoms with Crippen LogP contribution in [0.3, 0.4) is 0 Å². The van der Waals surface area contributed by atoms with E-state index in [1.165, 1.54) is 7.11 Å². The fourth-order valence-electron chi connectivity index (χ4n) is 8.70. The SMILES string of the molecule is COCCCN1C(=O)COc2ccc(CO[C@H]3CN(S(=O)(=O)c4ccc(C)cc4)[C@H](CO[Si](C(C)C)(C(C)C)C(C)C)C[C@@H]3c3ccc(C(=O)OC)cc3)cc21. The van der Waals surface area contributed by atoms with Crippen molar-refractivity contribution in [1.82, 2.24) is 4.31 Å². The number of fused-ring (bicyclic) bond motifs is 1. The maximum atomic E-state index is 14.7. The molecule has 0 saturated carbocycles. The van der Waals surface area contributed by atoms with E-state index in [2.05, 4.69) is 41.5 Å². The number of methoxy groups -OCH3 is 2. The van der Waals surface area contributed by atoms with Crippen LogP contribution >= 0.6 is 0 Å². The van der Waals surface area contributed by atoms with Crippen molar-refractivity contribution in [3.8, 4) is 5.75 Å². The van der Waals surface area contributed by atoms with Crippen LogP contribution in [0.15, 0.2) is 71.6 Å². The van der Waals surface area contributed by atoms with Gasteiger partial charge in [-0.2, -0.15) is 4.31 Å². The van der Waals surface area contributed by atoms with Gasteiger partial charge in [0.2, 0.25) is 10.0 Å². The lowest BCUT2D eigenvalue weighted by Gasteiger charge is -2.47. The van der Waals surface area contributed by atoms with Gasteiger partial charge in [-0.25, -0.2) is 13.2 Å². The van der Waals surface area contributed by atoms with Crippen molar-refractivity contribution in [3.63, 3.8) is 0 Å². The Bertz CT molecular complexity index is 1880. The number of hydrogen-bond donors (Lipinski definition) is 0. The molecule has 0 radical (unpaired) electrons. The summed E-state index contributed by atoms with van der Waals surface area (Å²) < 4.78 is 60.9. The Hall–Kier alpha value is -3.59. The van der Waals surface area contributed by atoms with E-state index in [0.29, 0.717) is 59.6 Å². The van der Waals surface area contributed by atoms with Gasteiger partial charge in [-0.05, 0) is 83.9 Å². The van der Waals surface area contributed by atoms with E-state index in [4.69, 9.17) is 23.4 Å². The minimum atomic E-state index is -3.98. The lowest BCUT2D eigenvalue weighted by atomic mass is 9.84. The first-order chi connectivity index (χ1) is 26.6. The summed E-state index contributed by atoms with van der Waals surface area (Å²) in [6.45, 7) is 16.8. The highest BCUT2D eigenvalue weighted by Gasteiger charge is 2.48. The third kappa shape index (κ3) is 9.40. The molecule has 0 aromatic heterocycles. The average molecular weight is 809 g/mol. The van der Waals surface area contributed by atoms with E-state index in [1.54, 1.807) is 40.6 Å². The van der Waals surface area contributed by atoms with E-state index in [9.17, 15) is 18.0 Å². The number of benzene rings is 3. The molecule has 2 aliphatic rings. The van der Waals surface area contributed by atoms with Crippen LogP contribution in [0, 0.1) is 6.92 Å². The smallest absolute Gasteiger partial charge is 0.337 e. The van der Waals surface area contributed by atoms with Crippen molar-refractivity contribution < 1.29 is 41.4 Å². The van der Waals surface area contributed by atoms with Crippen LogP contribution in [0.4, 0.5) is 5.69 Å². The second-order valence-corrected chi connectivity index (χ2v) is 23.3. The molecule has 0 bridgehead atoms. The molecule has 5 rings (SSSR count). The molecule has 3 atom stereocenters. The van der Waals surface area contributed by atoms with Gasteiger partial charge in [0.1, 0.15) is 5.75 Å². The molecule has 0 unspecified atom stereocenters. The highest BCUT2D eigenvalue weighted by atomic mass is 32.2. The highest BCUT2D eigenvalue weighted by Crippen LogP contribution is 2.44. The Morgan fingerprint density at radius 1 is 0.929 bits per heavy atom. The third-order valence-corrected chi connectivity index (χ3v) is 19.5. The standard InChI is InChI=1S/C43H60N2O9SSi/c1-29(2)56(30(3)4,31(5)6)54-27-36-24-38(34-14-16-35(17-15-34)43(47)51-9)41(25-45(36)55(48,49)37-18-11-32(7)12-19-37)52-26-33-13-20-40-39(23-33)44(21-10-22-50-8)42(46)28-53-40/h11-20,23,29-31,36,38,41H,10,21-22,24-28H2,1-9H3/t36-,38+,41-/m0/s1. The van der Waals surface area contributed by atoms with Crippen LogP contribution in [-0.2, 0) is 40.1 Å². The predicted octanol–water partition coefficient (Wildman–Crippen LogP) is 7.87. The molecule has 3 aromatic carbocycles. The number of sulfonamides is 1. The summed E-state index contributed by atoms with van der Waals surface area (Å²) in [5.74, 6) is -0.174. The second-order valence-electron chi connectivity index (χ2n) is 16.0. The molecule has 0 aliphatic carbocycles. The molecule has 3 aromatic rings. The Balaban J connectivity index is 1.53. The van der Waals surface area contributed by atoms with E-state index < -0.39 is 36.5 Å². The van der Waals surface area contributed by atoms with Crippen molar-refractivity contribution in [2.45, 2.75) is 107 Å². The summed E-state index contributed by atoms with van der Waals surface area (Å²) in [4.78, 5) is 27.2. The number of hydrogen-bond acceptors (Lipinski definition) is 9. The summed E-state index contributed by atoms with van der Waals surface area (Å²) in [6.07, 6.45) is 0.544. The minimum absolute atomic E-state index is 0.0281. The first-order valence-corrected chi connectivity index (χ1v) is 23.3. The van der Waals surface area contributed by atoms with Crippen LogP contribution in [0.2, 0.25) is 16.6 Å². The van der Waals surface area contributed by atoms with Crippen molar-refractivity contribution in [3.05, 3.63) is 89.0 Å². The molecular weight excluding hydrogens is 749 g/mol. The van der Waals surface area contributed by atoms with E-state index in [-0.39, 0.29) is 43.1 Å². The van der Waals surface area contributed by atoms with Crippen LogP contribution < -0.4 is 9.64 Å². The van der Waals surface area contributed by atoms with Crippen LogP contribution in [0.1, 0.15) is 87.4 Å². The fraction of sp³-hybridized carbons (Fsp3) is 0.535. The number of piperidine rings is 1. The molecule has 2 heterocycles. The van der Waals surface area contributed by atoms with Gasteiger partial charge in [0, 0.05) is 38.8 Å². The summed E-state index contributed by atoms with van der Waals surface area (Å²) in [5.41, 5.74) is 4.77. The number of rotatable bonds is 17. The summed E-state index contributed by atoms with van der Waals surface area (Å²) in [7, 11) is -3.36. The summed E-state index contributed by atoms with van der Waals surface area (Å²) >= 11 is 0. The molecule has 0 spiro atoms. The minimum Gasteiger partial charge on any atom is -0.482 e. The Labute approximate surface area is 334 Å². The molecule has 1 saturated heterocycles. The van der Waals surface area contributed by atoms with Crippen molar-refractivity contribution in [2.24, 2.45) is 0 Å². The van der Waals surface area contributed by atoms with Gasteiger partial charge in [-0.1, -0.05) is 77.4 Å². The topological polar surface area (TPSA) is 121 Å². The number of amides is 1. The van der Waals surface area contributed by atoms with E-state index >= 15 is 0 Å². The normalized spacial score (nSPS) is 19.4. The molecular formula is C43H60N2O9SSi. The monoisotopic (exact) mass is 808 g/mol. The Morgan fingerprint density at radius 2 is 1.59 bits per heavy atom. The molecule has 1 amide bonds. The van der Waals surface area contributed by atoms with Gasteiger partial charge >= 0.3 is 5.97 Å². The lowest BCUT2D eigenvalue weighted by Crippen LogP contribution is -2.56. The number of esters is 1. The van der Waals surface area contributed by atoms with Gasteiger partial charge < -0.3 is 28.3 Å². The Kier molecular flexibility index (Phi) is 14.6. The number of nitrogens with zero attached hydrogens (tertiary/aromatic N) is 2. The largest absolute Gasteiger partial charge is 0.482 e. The van der Waals surface area contributed by atoms with Crippen molar-refractivity contribution in [2.75, 3.05) is 52.0 Å². The van der Waals surface area contributed by atoms with Gasteiger partial charge in [0.15, 0.2) is 14.9 Å². The molecule has 56 heavy (non-hydrogen) atoms. The van der Waals surface area contributed by atoms with Crippen LogP contribution in [-0.4, -0.2) is 92.2 Å². The van der Waals surface area contributed by atoms with Crippen molar-refractivity contribution in [1.29, 1.82) is 0 Å². The van der Waals surface area contributed by atoms with Gasteiger partial charge in [0.25, 0.3) is 5.91 Å². The summed E-state index contributed by atoms with van der Waals surface area (Å²) in [5, 5.41) is 0. The quantitative estimate of drug-likeness (QED) is 0.0763. The van der Waals surface area contributed by atoms with E-state index in [1.807, 2.05) is 49.4 Å². The van der Waals surface area contributed by atoms with Gasteiger partial charge in [0.05, 0.1) is 42.6 Å². The fourth-order valence-corrected chi connectivity index (χ4v) is 15.8. The predicted molar refractivity (Wildman–Crippen MR) is 220 cm³/mol. The average Bonchev–Trinajstić information content (AvgIpc) is 3.17. The number of carbonyl (C=O) groups excluding carboxylic acids is 2. The maximum Gasteiger partial charge on any atom is 0.337 e. The lowest BCUT2D eigenvalue weighted by molar-refractivity contribution is -0.121. The first-order valence-electron chi connectivity index (χ1n) is 19.7. The third-order valence-electron chi connectivity index (χ3n) is 11.5. The highest BCUT2D eigenvalue weighted by molar-refractivity contribution is 7.89. The zero-order valence-corrected chi connectivity index (χ0v) is 36.3. The molecule has 11 nitrogen and oxygen atoms in total. The molecule has 13 heteroatoms. The zero-order chi connectivity index (χ0) is 40.8. The van der Waals surface area contributed by atoms with Crippen molar-refractivity contribution >= 4 is 35.9 Å². The number of carbonyl (C=O) groups is 2. The molecule has 1 fully saturated rings. The first kappa shape index (κ1) is 43.5. The summed E-state index contributed by atoms with van der Waals surface area (Å²) in [6, 6.07) is 19.5. The van der Waals surface area contributed by atoms with Crippen LogP contribution in [0.5, 0.6) is 5.75 Å². The van der Waals surface area contributed by atoms with Gasteiger partial charge in [-0.15, -0.1) is 0 Å². The van der Waals surface area contributed by atoms with Gasteiger partial charge in [-0.3, -0.25) is 4.79 Å². The molecule has 2 aliphatic heterocycles. The maximum absolute atomic E-state index is 14.7. The van der Waals surface area contributed by atoms with Crippen LogP contribution in [0.25, 0.3) is 0 Å². The number of ether oxygens (including phenoxy) is 4. The molecule has 306 valence electrons. The van der Waals surface area contributed by atoms with E-state index in [0.717, 1.165) is 16.7 Å². The number of anilines is 1. The number of aryl methyl sites for hydroxylation is 1. The Morgan fingerprint density at radius 3 is 2.20 bits per heavy atom. The molecule has 0 N–H and O–H groups in total. The zero-order valence-electron chi connectivity index (χ0n) is 34.4. The second kappa shape index (κ2) is 18.8.